The van der Waals surface area contributed by atoms with Gasteiger partial charge in [-0.3, -0.25) is 4.79 Å². The molecule has 27 heavy (non-hydrogen) atoms. The number of hydrogen-bond acceptors (Lipinski definition) is 6. The molecular weight excluding hydrogens is 362 g/mol. The predicted octanol–water partition coefficient (Wildman–Crippen LogP) is 4.02. The topological polar surface area (TPSA) is 68.5 Å². The van der Waals surface area contributed by atoms with E-state index in [2.05, 4.69) is 15.1 Å². The maximum absolute atomic E-state index is 12.8. The Labute approximate surface area is 163 Å². The van der Waals surface area contributed by atoms with E-state index < -0.39 is 0 Å². The number of rotatable bonds is 5. The Kier molecular flexibility index (Phi) is 5.66. The number of hydrogen-bond donors (Lipinski definition) is 0. The number of thioether (sulfide) groups is 1. The molecule has 2 aromatic rings. The summed E-state index contributed by atoms with van der Waals surface area (Å²) in [5.41, 5.74) is 0.756. The fourth-order valence-electron chi connectivity index (χ4n) is 4.34. The van der Waals surface area contributed by atoms with Gasteiger partial charge in [-0.05, 0) is 43.7 Å². The van der Waals surface area contributed by atoms with E-state index >= 15 is 0 Å². The zero-order valence-electron chi connectivity index (χ0n) is 15.6. The highest BCUT2D eigenvalue weighted by atomic mass is 32.2. The maximum atomic E-state index is 12.8. The first-order valence-corrected chi connectivity index (χ1v) is 10.6. The second-order valence-corrected chi connectivity index (χ2v) is 8.13. The number of fused-ring (bicyclic) bond motifs is 1. The number of carbonyl (C=O) groups is 1. The largest absolute Gasteiger partial charge is 0.496 e. The molecule has 1 aromatic carbocycles. The molecule has 2 heterocycles. The van der Waals surface area contributed by atoms with E-state index in [1.54, 1.807) is 7.11 Å². The Bertz CT molecular complexity index is 792. The van der Waals surface area contributed by atoms with Crippen molar-refractivity contribution in [3.8, 4) is 17.2 Å². The fourth-order valence-corrected chi connectivity index (χ4v) is 4.99. The third-order valence-corrected chi connectivity index (χ3v) is 6.43. The molecule has 2 fully saturated rings. The SMILES string of the molecule is COc1ccccc1-c1nnc(SCC(=O)N2CCCC3CCCCC32)o1. The first kappa shape index (κ1) is 18.3. The predicted molar refractivity (Wildman–Crippen MR) is 104 cm³/mol. The van der Waals surface area contributed by atoms with Crippen LogP contribution in [0.5, 0.6) is 5.75 Å². The average Bonchev–Trinajstić information content (AvgIpc) is 3.20. The molecule has 1 amide bonds. The summed E-state index contributed by atoms with van der Waals surface area (Å²) in [6, 6.07) is 7.96. The maximum Gasteiger partial charge on any atom is 0.277 e. The lowest BCUT2D eigenvalue weighted by Gasteiger charge is -2.44. The minimum absolute atomic E-state index is 0.189. The van der Waals surface area contributed by atoms with E-state index in [9.17, 15) is 4.79 Å². The first-order chi connectivity index (χ1) is 13.3. The van der Waals surface area contributed by atoms with Crippen LogP contribution in [-0.2, 0) is 4.79 Å². The van der Waals surface area contributed by atoms with Gasteiger partial charge in [0.1, 0.15) is 5.75 Å². The van der Waals surface area contributed by atoms with Gasteiger partial charge in [0.25, 0.3) is 11.1 Å². The van der Waals surface area contributed by atoms with E-state index in [1.807, 2.05) is 24.3 Å². The molecule has 1 aliphatic heterocycles. The lowest BCUT2D eigenvalue weighted by Crippen LogP contribution is -2.50. The molecule has 0 N–H and O–H groups in total. The van der Waals surface area contributed by atoms with Gasteiger partial charge in [0.05, 0.1) is 18.4 Å². The molecular formula is C20H25N3O3S. The van der Waals surface area contributed by atoms with Crippen LogP contribution < -0.4 is 4.74 Å². The second-order valence-electron chi connectivity index (χ2n) is 7.20. The van der Waals surface area contributed by atoms with Crippen molar-refractivity contribution < 1.29 is 13.9 Å². The van der Waals surface area contributed by atoms with Crippen LogP contribution in [0.1, 0.15) is 38.5 Å². The number of ether oxygens (including phenoxy) is 1. The quantitative estimate of drug-likeness (QED) is 0.722. The number of methoxy groups -OCH3 is 1. The van der Waals surface area contributed by atoms with E-state index in [-0.39, 0.29) is 5.91 Å². The third kappa shape index (κ3) is 3.98. The highest BCUT2D eigenvalue weighted by Crippen LogP contribution is 2.36. The average molecular weight is 388 g/mol. The highest BCUT2D eigenvalue weighted by molar-refractivity contribution is 7.99. The first-order valence-electron chi connectivity index (χ1n) is 9.65. The summed E-state index contributed by atoms with van der Waals surface area (Å²) in [4.78, 5) is 14.9. The Morgan fingerprint density at radius 3 is 2.93 bits per heavy atom. The molecule has 4 rings (SSSR count). The van der Waals surface area contributed by atoms with Crippen molar-refractivity contribution in [3.63, 3.8) is 0 Å². The van der Waals surface area contributed by atoms with E-state index in [4.69, 9.17) is 9.15 Å². The molecule has 1 aromatic heterocycles. The summed E-state index contributed by atoms with van der Waals surface area (Å²) in [6.45, 7) is 0.886. The number of para-hydroxylation sites is 1. The Morgan fingerprint density at radius 1 is 1.22 bits per heavy atom. The minimum atomic E-state index is 0.189. The van der Waals surface area contributed by atoms with Crippen molar-refractivity contribution in [3.05, 3.63) is 24.3 Å². The summed E-state index contributed by atoms with van der Waals surface area (Å²) in [7, 11) is 1.61. The molecule has 0 spiro atoms. The molecule has 7 heteroatoms. The summed E-state index contributed by atoms with van der Waals surface area (Å²) < 4.78 is 11.1. The zero-order chi connectivity index (χ0) is 18.6. The van der Waals surface area contributed by atoms with Crippen LogP contribution in [0.3, 0.4) is 0 Å². The monoisotopic (exact) mass is 387 g/mol. The Hall–Kier alpha value is -2.02. The highest BCUT2D eigenvalue weighted by Gasteiger charge is 2.35. The van der Waals surface area contributed by atoms with Gasteiger partial charge in [-0.15, -0.1) is 10.2 Å². The Morgan fingerprint density at radius 2 is 2.04 bits per heavy atom. The fraction of sp³-hybridized carbons (Fsp3) is 0.550. The number of nitrogens with zero attached hydrogens (tertiary/aromatic N) is 3. The zero-order valence-corrected chi connectivity index (χ0v) is 16.4. The smallest absolute Gasteiger partial charge is 0.277 e. The lowest BCUT2D eigenvalue weighted by molar-refractivity contribution is -0.134. The second kappa shape index (κ2) is 8.33. The van der Waals surface area contributed by atoms with Crippen molar-refractivity contribution >= 4 is 17.7 Å². The van der Waals surface area contributed by atoms with Crippen molar-refractivity contribution in [2.45, 2.75) is 49.8 Å². The molecule has 144 valence electrons. The van der Waals surface area contributed by atoms with Crippen LogP contribution in [0.2, 0.25) is 0 Å². The van der Waals surface area contributed by atoms with Crippen LogP contribution in [0, 0.1) is 5.92 Å². The normalized spacial score (nSPS) is 22.3. The van der Waals surface area contributed by atoms with E-state index in [1.165, 1.54) is 37.4 Å². The van der Waals surface area contributed by atoms with Crippen molar-refractivity contribution in [1.82, 2.24) is 15.1 Å². The van der Waals surface area contributed by atoms with Crippen molar-refractivity contribution in [2.75, 3.05) is 19.4 Å². The molecule has 2 aliphatic rings. The van der Waals surface area contributed by atoms with Gasteiger partial charge in [-0.1, -0.05) is 36.7 Å². The minimum Gasteiger partial charge on any atom is -0.496 e. The molecule has 2 atom stereocenters. The standard InChI is InChI=1S/C20H25N3O3S/c1-25-17-11-5-3-9-15(17)19-21-22-20(26-19)27-13-18(24)23-12-6-8-14-7-2-4-10-16(14)23/h3,5,9,11,14,16H,2,4,6-8,10,12-13H2,1H3. The molecule has 2 unspecified atom stereocenters. The number of benzene rings is 1. The van der Waals surface area contributed by atoms with Gasteiger partial charge in [-0.25, -0.2) is 0 Å². The van der Waals surface area contributed by atoms with Gasteiger partial charge in [-0.2, -0.15) is 0 Å². The van der Waals surface area contributed by atoms with Gasteiger partial charge >= 0.3 is 0 Å². The number of piperidine rings is 1. The van der Waals surface area contributed by atoms with E-state index in [0.717, 1.165) is 24.9 Å². The van der Waals surface area contributed by atoms with Crippen LogP contribution in [0.4, 0.5) is 0 Å². The molecule has 6 nitrogen and oxygen atoms in total. The summed E-state index contributed by atoms with van der Waals surface area (Å²) >= 11 is 1.32. The number of amides is 1. The number of likely N-dealkylation sites (tertiary alicyclic amines) is 1. The molecule has 0 radical (unpaired) electrons. The van der Waals surface area contributed by atoms with Gasteiger partial charge < -0.3 is 14.1 Å². The number of carbonyl (C=O) groups excluding carboxylic acids is 1. The third-order valence-electron chi connectivity index (χ3n) is 5.63. The van der Waals surface area contributed by atoms with E-state index in [0.29, 0.717) is 34.6 Å². The van der Waals surface area contributed by atoms with Crippen LogP contribution in [-0.4, -0.2) is 46.5 Å². The van der Waals surface area contributed by atoms with Gasteiger partial charge in [0, 0.05) is 12.6 Å². The summed E-state index contributed by atoms with van der Waals surface area (Å²) in [5, 5.41) is 8.61. The Balaban J connectivity index is 1.39. The van der Waals surface area contributed by atoms with Crippen LogP contribution in [0.15, 0.2) is 33.9 Å². The lowest BCUT2D eigenvalue weighted by atomic mass is 9.78. The molecule has 1 saturated heterocycles. The van der Waals surface area contributed by atoms with Gasteiger partial charge in [0.2, 0.25) is 5.91 Å². The van der Waals surface area contributed by atoms with Crippen molar-refractivity contribution in [2.24, 2.45) is 5.92 Å². The van der Waals surface area contributed by atoms with Gasteiger partial charge in [0.15, 0.2) is 0 Å². The molecule has 1 saturated carbocycles. The summed E-state index contributed by atoms with van der Waals surface area (Å²) in [6.07, 6.45) is 7.37. The summed E-state index contributed by atoms with van der Waals surface area (Å²) in [5.74, 6) is 2.32. The molecule has 0 bridgehead atoms. The number of aromatic nitrogens is 2. The molecule has 1 aliphatic carbocycles. The van der Waals surface area contributed by atoms with Crippen LogP contribution in [0.25, 0.3) is 11.5 Å². The van der Waals surface area contributed by atoms with Crippen LogP contribution >= 0.6 is 11.8 Å². The van der Waals surface area contributed by atoms with Crippen molar-refractivity contribution in [1.29, 1.82) is 0 Å².